The Kier molecular flexibility index (Phi) is 4.60. The number of sulfonamides is 1. The molecule has 0 aliphatic heterocycles. The van der Waals surface area contributed by atoms with Gasteiger partial charge in [0.05, 0.1) is 6.26 Å². The molecule has 0 atom stereocenters. The molecule has 0 radical (unpaired) electrons. The van der Waals surface area contributed by atoms with Gasteiger partial charge in [-0.3, -0.25) is 4.79 Å². The highest BCUT2D eigenvalue weighted by molar-refractivity contribution is 7.88. The molecule has 2 aromatic rings. The summed E-state index contributed by atoms with van der Waals surface area (Å²) in [5.41, 5.74) is 0.398. The van der Waals surface area contributed by atoms with Gasteiger partial charge in [0.25, 0.3) is 5.91 Å². The van der Waals surface area contributed by atoms with Crippen LogP contribution >= 0.6 is 0 Å². The molecule has 21 heavy (non-hydrogen) atoms. The summed E-state index contributed by atoms with van der Waals surface area (Å²) in [7, 11) is -3.25. The summed E-state index contributed by atoms with van der Waals surface area (Å²) in [6, 6.07) is 3.12. The van der Waals surface area contributed by atoms with Gasteiger partial charge >= 0.3 is 0 Å². The summed E-state index contributed by atoms with van der Waals surface area (Å²) in [5.74, 6) is 0.142. The minimum atomic E-state index is -3.25. The topological polar surface area (TPSA) is 119 Å². The van der Waals surface area contributed by atoms with Gasteiger partial charge in [-0.15, -0.1) is 0 Å². The smallest absolute Gasteiger partial charge is 0.251 e. The molecule has 0 aliphatic rings. The fraction of sp³-hybridized carbons (Fsp3) is 0.273. The van der Waals surface area contributed by atoms with Crippen molar-refractivity contribution in [3.63, 3.8) is 0 Å². The predicted molar refractivity (Wildman–Crippen MR) is 74.3 cm³/mol. The number of nitrogens with zero attached hydrogens (tertiary/aromatic N) is 4. The van der Waals surface area contributed by atoms with Crippen LogP contribution in [0.5, 0.6) is 0 Å². The molecule has 2 N–H and O–H groups in total. The van der Waals surface area contributed by atoms with Gasteiger partial charge in [0.15, 0.2) is 5.82 Å². The number of nitrogens with one attached hydrogen (secondary N) is 2. The second-order valence-corrected chi connectivity index (χ2v) is 6.00. The van der Waals surface area contributed by atoms with Crippen LogP contribution < -0.4 is 10.0 Å². The average Bonchev–Trinajstić information content (AvgIpc) is 2.96. The molecule has 9 nitrogen and oxygen atoms in total. The minimum Gasteiger partial charge on any atom is -0.351 e. The third kappa shape index (κ3) is 4.61. The van der Waals surface area contributed by atoms with Crippen LogP contribution in [-0.2, 0) is 10.0 Å². The van der Waals surface area contributed by atoms with Crippen molar-refractivity contribution in [3.8, 4) is 5.82 Å². The third-order valence-corrected chi connectivity index (χ3v) is 3.16. The molecule has 2 aromatic heterocycles. The Morgan fingerprint density at radius 1 is 1.38 bits per heavy atom. The van der Waals surface area contributed by atoms with Gasteiger partial charge in [-0.2, -0.15) is 5.10 Å². The summed E-state index contributed by atoms with van der Waals surface area (Å²) < 4.78 is 25.5. The number of hydrogen-bond donors (Lipinski definition) is 2. The number of hydrogen-bond acceptors (Lipinski definition) is 6. The Bertz CT molecular complexity index is 713. The van der Waals surface area contributed by atoms with E-state index in [1.807, 2.05) is 0 Å². The van der Waals surface area contributed by atoms with Crippen molar-refractivity contribution in [2.24, 2.45) is 0 Å². The highest BCUT2D eigenvalue weighted by Gasteiger charge is 2.08. The van der Waals surface area contributed by atoms with Crippen molar-refractivity contribution < 1.29 is 13.2 Å². The van der Waals surface area contributed by atoms with E-state index in [2.05, 4.69) is 25.1 Å². The number of amides is 1. The fourth-order valence-corrected chi connectivity index (χ4v) is 2.00. The van der Waals surface area contributed by atoms with Crippen molar-refractivity contribution in [2.45, 2.75) is 0 Å². The van der Waals surface area contributed by atoms with Crippen molar-refractivity contribution in [1.29, 1.82) is 0 Å². The Hall–Kier alpha value is -2.33. The van der Waals surface area contributed by atoms with Crippen molar-refractivity contribution in [1.82, 2.24) is 29.8 Å². The SMILES string of the molecule is CS(=O)(=O)NCCNC(=O)c1ccnc(-n2cncn2)c1. The largest absolute Gasteiger partial charge is 0.351 e. The lowest BCUT2D eigenvalue weighted by atomic mass is 10.2. The number of aromatic nitrogens is 4. The molecule has 0 aliphatic carbocycles. The van der Waals surface area contributed by atoms with E-state index in [1.54, 1.807) is 12.1 Å². The molecular weight excluding hydrogens is 296 g/mol. The van der Waals surface area contributed by atoms with Gasteiger partial charge in [0, 0.05) is 24.8 Å². The summed E-state index contributed by atoms with van der Waals surface area (Å²) in [5, 5.41) is 6.53. The average molecular weight is 310 g/mol. The normalized spacial score (nSPS) is 11.3. The summed E-state index contributed by atoms with van der Waals surface area (Å²) in [6.45, 7) is 0.318. The number of carbonyl (C=O) groups is 1. The first-order valence-electron chi connectivity index (χ1n) is 5.99. The Morgan fingerprint density at radius 3 is 2.86 bits per heavy atom. The first-order valence-corrected chi connectivity index (χ1v) is 7.89. The molecule has 2 heterocycles. The molecule has 0 aromatic carbocycles. The molecule has 0 unspecified atom stereocenters. The van der Waals surface area contributed by atoms with Crippen LogP contribution in [0, 0.1) is 0 Å². The maximum absolute atomic E-state index is 11.9. The van der Waals surface area contributed by atoms with Gasteiger partial charge in [-0.1, -0.05) is 0 Å². The van der Waals surface area contributed by atoms with Crippen LogP contribution in [0.4, 0.5) is 0 Å². The molecule has 2 rings (SSSR count). The zero-order valence-corrected chi connectivity index (χ0v) is 12.0. The van der Waals surface area contributed by atoms with E-state index < -0.39 is 10.0 Å². The van der Waals surface area contributed by atoms with E-state index in [0.29, 0.717) is 11.4 Å². The lowest BCUT2D eigenvalue weighted by Crippen LogP contribution is -2.34. The van der Waals surface area contributed by atoms with Gasteiger partial charge in [0.1, 0.15) is 12.7 Å². The van der Waals surface area contributed by atoms with E-state index >= 15 is 0 Å². The second kappa shape index (κ2) is 6.41. The quantitative estimate of drug-likeness (QED) is 0.657. The van der Waals surface area contributed by atoms with Gasteiger partial charge in [-0.25, -0.2) is 27.8 Å². The predicted octanol–water partition coefficient (Wildman–Crippen LogP) is -1.06. The summed E-state index contributed by atoms with van der Waals surface area (Å²) >= 11 is 0. The molecule has 0 fully saturated rings. The van der Waals surface area contributed by atoms with Crippen LogP contribution in [0.25, 0.3) is 5.82 Å². The molecule has 0 bridgehead atoms. The first kappa shape index (κ1) is 15.1. The fourth-order valence-electron chi connectivity index (χ4n) is 1.53. The molecule has 112 valence electrons. The maximum atomic E-state index is 11.9. The lowest BCUT2D eigenvalue weighted by molar-refractivity contribution is 0.0954. The minimum absolute atomic E-state index is 0.131. The Labute approximate surface area is 121 Å². The highest BCUT2D eigenvalue weighted by Crippen LogP contribution is 2.05. The van der Waals surface area contributed by atoms with E-state index in [1.165, 1.54) is 23.5 Å². The van der Waals surface area contributed by atoms with Crippen LogP contribution in [0.1, 0.15) is 10.4 Å². The Morgan fingerprint density at radius 2 is 2.19 bits per heavy atom. The van der Waals surface area contributed by atoms with Crippen molar-refractivity contribution in [2.75, 3.05) is 19.3 Å². The molecule has 0 saturated carbocycles. The maximum Gasteiger partial charge on any atom is 0.251 e. The van der Waals surface area contributed by atoms with Crippen molar-refractivity contribution >= 4 is 15.9 Å². The number of rotatable bonds is 6. The lowest BCUT2D eigenvalue weighted by Gasteiger charge is -2.06. The highest BCUT2D eigenvalue weighted by atomic mass is 32.2. The van der Waals surface area contributed by atoms with Gasteiger partial charge < -0.3 is 5.32 Å². The molecule has 0 spiro atoms. The molecule has 10 heteroatoms. The second-order valence-electron chi connectivity index (χ2n) is 4.17. The molecule has 1 amide bonds. The third-order valence-electron chi connectivity index (χ3n) is 2.44. The number of pyridine rings is 1. The Balaban J connectivity index is 1.95. The standard InChI is InChI=1S/C11H14N6O3S/c1-21(19,20)16-5-4-14-11(18)9-2-3-13-10(6-9)17-8-12-7-15-17/h2-3,6-8,16H,4-5H2,1H3,(H,14,18). The van der Waals surface area contributed by atoms with E-state index in [0.717, 1.165) is 6.26 Å². The first-order chi connectivity index (χ1) is 9.96. The van der Waals surface area contributed by atoms with Gasteiger partial charge in [-0.05, 0) is 12.1 Å². The summed E-state index contributed by atoms with van der Waals surface area (Å²) in [4.78, 5) is 19.8. The monoisotopic (exact) mass is 310 g/mol. The zero-order valence-electron chi connectivity index (χ0n) is 11.2. The van der Waals surface area contributed by atoms with Crippen molar-refractivity contribution in [3.05, 3.63) is 36.5 Å². The van der Waals surface area contributed by atoms with Crippen LogP contribution in [0.3, 0.4) is 0 Å². The molecule has 0 saturated heterocycles. The van der Waals surface area contributed by atoms with E-state index in [9.17, 15) is 13.2 Å². The number of carbonyl (C=O) groups excluding carboxylic acids is 1. The van der Waals surface area contributed by atoms with Gasteiger partial charge in [0.2, 0.25) is 10.0 Å². The van der Waals surface area contributed by atoms with Crippen LogP contribution in [0.15, 0.2) is 31.0 Å². The van der Waals surface area contributed by atoms with Crippen LogP contribution in [-0.4, -0.2) is 53.4 Å². The van der Waals surface area contributed by atoms with E-state index in [4.69, 9.17) is 0 Å². The molecular formula is C11H14N6O3S. The summed E-state index contributed by atoms with van der Waals surface area (Å²) in [6.07, 6.45) is 5.38. The van der Waals surface area contributed by atoms with E-state index in [-0.39, 0.29) is 19.0 Å². The zero-order chi connectivity index (χ0) is 15.3. The van der Waals surface area contributed by atoms with Crippen LogP contribution in [0.2, 0.25) is 0 Å².